The van der Waals surface area contributed by atoms with Gasteiger partial charge < -0.3 is 9.84 Å². The number of para-hydroxylation sites is 1. The molecule has 0 bridgehead atoms. The molecule has 1 aliphatic rings. The summed E-state index contributed by atoms with van der Waals surface area (Å²) in [5.41, 5.74) is 0.958. The minimum absolute atomic E-state index is 0.441. The van der Waals surface area contributed by atoms with E-state index in [1.54, 1.807) is 7.11 Å². The molecule has 0 saturated carbocycles. The van der Waals surface area contributed by atoms with E-state index in [-0.39, 0.29) is 0 Å². The monoisotopic (exact) mass is 249 g/mol. The third-order valence-electron chi connectivity index (χ3n) is 3.47. The summed E-state index contributed by atoms with van der Waals surface area (Å²) < 4.78 is 5.28. The average molecular weight is 249 g/mol. The van der Waals surface area contributed by atoms with E-state index in [1.165, 1.54) is 0 Å². The van der Waals surface area contributed by atoms with E-state index in [0.717, 1.165) is 37.2 Å². The zero-order valence-corrected chi connectivity index (χ0v) is 10.6. The van der Waals surface area contributed by atoms with Crippen LogP contribution in [0.1, 0.15) is 18.4 Å². The Labute approximate surface area is 107 Å². The quantitative estimate of drug-likeness (QED) is 0.864. The summed E-state index contributed by atoms with van der Waals surface area (Å²) in [6.45, 7) is 1.76. The van der Waals surface area contributed by atoms with Crippen LogP contribution in [-0.2, 0) is 11.2 Å². The molecule has 0 radical (unpaired) electrons. The van der Waals surface area contributed by atoms with Gasteiger partial charge >= 0.3 is 5.97 Å². The molecule has 1 N–H and O–H groups in total. The highest BCUT2D eigenvalue weighted by Crippen LogP contribution is 2.22. The number of carboxylic acid groups (broad SMARTS) is 1. The number of hydrogen-bond donors (Lipinski definition) is 1. The highest BCUT2D eigenvalue weighted by atomic mass is 16.5. The maximum absolute atomic E-state index is 11.4. The molecule has 2 rings (SSSR count). The van der Waals surface area contributed by atoms with E-state index in [4.69, 9.17) is 4.74 Å². The molecule has 4 heteroatoms. The molecule has 98 valence electrons. The molecule has 1 heterocycles. The number of aliphatic carboxylic acids is 1. The van der Waals surface area contributed by atoms with Crippen LogP contribution in [0, 0.1) is 0 Å². The molecule has 0 unspecified atom stereocenters. The molecular formula is C14H19NO3. The van der Waals surface area contributed by atoms with Crippen LogP contribution >= 0.6 is 0 Å². The van der Waals surface area contributed by atoms with Crippen LogP contribution in [0.2, 0.25) is 0 Å². The summed E-state index contributed by atoms with van der Waals surface area (Å²) in [6.07, 6.45) is 2.69. The molecule has 1 saturated heterocycles. The third-order valence-corrected chi connectivity index (χ3v) is 3.47. The number of methoxy groups -OCH3 is 1. The Hall–Kier alpha value is -1.55. The van der Waals surface area contributed by atoms with Gasteiger partial charge in [-0.05, 0) is 37.6 Å². The van der Waals surface area contributed by atoms with Gasteiger partial charge in [0.15, 0.2) is 0 Å². The first-order chi connectivity index (χ1) is 8.72. The zero-order chi connectivity index (χ0) is 13.0. The molecule has 18 heavy (non-hydrogen) atoms. The topological polar surface area (TPSA) is 49.8 Å². The number of benzene rings is 1. The van der Waals surface area contributed by atoms with Gasteiger partial charge in [0.1, 0.15) is 11.8 Å². The van der Waals surface area contributed by atoms with E-state index in [0.29, 0.717) is 6.42 Å². The molecule has 1 fully saturated rings. The first-order valence-electron chi connectivity index (χ1n) is 6.31. The zero-order valence-electron chi connectivity index (χ0n) is 10.6. The third kappa shape index (κ3) is 2.82. The van der Waals surface area contributed by atoms with Crippen LogP contribution in [0.4, 0.5) is 0 Å². The van der Waals surface area contributed by atoms with Crippen LogP contribution in [-0.4, -0.2) is 42.2 Å². The Balaban J connectivity index is 2.15. The molecule has 0 amide bonds. The van der Waals surface area contributed by atoms with Crippen LogP contribution < -0.4 is 4.74 Å². The second-order valence-electron chi connectivity index (χ2n) is 4.61. The van der Waals surface area contributed by atoms with Gasteiger partial charge in [-0.15, -0.1) is 0 Å². The average Bonchev–Trinajstić information content (AvgIpc) is 2.89. The van der Waals surface area contributed by atoms with Crippen molar-refractivity contribution in [1.82, 2.24) is 4.90 Å². The van der Waals surface area contributed by atoms with Gasteiger partial charge in [-0.1, -0.05) is 18.2 Å². The summed E-state index contributed by atoms with van der Waals surface area (Å²) in [5, 5.41) is 9.38. The summed E-state index contributed by atoms with van der Waals surface area (Å²) in [4.78, 5) is 13.5. The fraction of sp³-hybridized carbons (Fsp3) is 0.500. The summed E-state index contributed by atoms with van der Waals surface area (Å²) in [5.74, 6) is 0.0192. The van der Waals surface area contributed by atoms with Crippen LogP contribution in [0.25, 0.3) is 0 Å². The van der Waals surface area contributed by atoms with Gasteiger partial charge in [-0.2, -0.15) is 0 Å². The maximum atomic E-state index is 11.4. The SMILES string of the molecule is COc1ccccc1C[C@@H](C(=O)O)N1CCCC1. The van der Waals surface area contributed by atoms with Gasteiger partial charge in [0.2, 0.25) is 0 Å². The number of likely N-dealkylation sites (tertiary alicyclic amines) is 1. The fourth-order valence-corrected chi connectivity index (χ4v) is 2.51. The molecular weight excluding hydrogens is 230 g/mol. The lowest BCUT2D eigenvalue weighted by atomic mass is 10.0. The number of nitrogens with zero attached hydrogens (tertiary/aromatic N) is 1. The number of ether oxygens (including phenoxy) is 1. The Morgan fingerprint density at radius 2 is 2.06 bits per heavy atom. The normalized spacial score (nSPS) is 17.6. The lowest BCUT2D eigenvalue weighted by Gasteiger charge is -2.24. The van der Waals surface area contributed by atoms with E-state index < -0.39 is 12.0 Å². The summed E-state index contributed by atoms with van der Waals surface area (Å²) in [6, 6.07) is 7.18. The molecule has 0 spiro atoms. The minimum Gasteiger partial charge on any atom is -0.496 e. The smallest absolute Gasteiger partial charge is 0.321 e. The Morgan fingerprint density at radius 3 is 2.67 bits per heavy atom. The number of carboxylic acids is 1. The van der Waals surface area contributed by atoms with Crippen molar-refractivity contribution in [2.75, 3.05) is 20.2 Å². The van der Waals surface area contributed by atoms with Crippen molar-refractivity contribution in [3.63, 3.8) is 0 Å². The first kappa shape index (κ1) is 12.9. The van der Waals surface area contributed by atoms with E-state index >= 15 is 0 Å². The van der Waals surface area contributed by atoms with E-state index in [2.05, 4.69) is 4.90 Å². The van der Waals surface area contributed by atoms with Gasteiger partial charge in [-0.25, -0.2) is 0 Å². The predicted octanol–water partition coefficient (Wildman–Crippen LogP) is 1.79. The molecule has 1 atom stereocenters. The van der Waals surface area contributed by atoms with Crippen molar-refractivity contribution in [2.24, 2.45) is 0 Å². The van der Waals surface area contributed by atoms with Gasteiger partial charge in [0.05, 0.1) is 7.11 Å². The predicted molar refractivity (Wildman–Crippen MR) is 68.9 cm³/mol. The first-order valence-corrected chi connectivity index (χ1v) is 6.31. The molecule has 0 aromatic heterocycles. The Morgan fingerprint density at radius 1 is 1.39 bits per heavy atom. The molecule has 4 nitrogen and oxygen atoms in total. The second kappa shape index (κ2) is 5.87. The lowest BCUT2D eigenvalue weighted by Crippen LogP contribution is -2.40. The largest absolute Gasteiger partial charge is 0.496 e. The van der Waals surface area contributed by atoms with E-state index in [1.807, 2.05) is 24.3 Å². The summed E-state index contributed by atoms with van der Waals surface area (Å²) in [7, 11) is 1.62. The highest BCUT2D eigenvalue weighted by molar-refractivity contribution is 5.74. The van der Waals surface area contributed by atoms with Gasteiger partial charge in [0, 0.05) is 6.42 Å². The van der Waals surface area contributed by atoms with Crippen LogP contribution in [0.3, 0.4) is 0 Å². The fourth-order valence-electron chi connectivity index (χ4n) is 2.51. The van der Waals surface area contributed by atoms with Crippen LogP contribution in [0.5, 0.6) is 5.75 Å². The molecule has 0 aliphatic carbocycles. The Bertz CT molecular complexity index is 413. The lowest BCUT2D eigenvalue weighted by molar-refractivity contribution is -0.142. The number of rotatable bonds is 5. The standard InChI is InChI=1S/C14H19NO3/c1-18-13-7-3-2-6-11(13)10-12(14(16)17)15-8-4-5-9-15/h2-3,6-7,12H,4-5,8-10H2,1H3,(H,16,17)/t12-/m0/s1. The number of carbonyl (C=O) groups is 1. The van der Waals surface area contributed by atoms with Crippen molar-refractivity contribution in [1.29, 1.82) is 0 Å². The van der Waals surface area contributed by atoms with Crippen molar-refractivity contribution in [3.05, 3.63) is 29.8 Å². The number of hydrogen-bond acceptors (Lipinski definition) is 3. The molecule has 1 aliphatic heterocycles. The minimum atomic E-state index is -0.747. The summed E-state index contributed by atoms with van der Waals surface area (Å²) >= 11 is 0. The van der Waals surface area contributed by atoms with E-state index in [9.17, 15) is 9.90 Å². The highest BCUT2D eigenvalue weighted by Gasteiger charge is 2.28. The van der Waals surface area contributed by atoms with Crippen molar-refractivity contribution in [2.45, 2.75) is 25.3 Å². The second-order valence-corrected chi connectivity index (χ2v) is 4.61. The van der Waals surface area contributed by atoms with Crippen molar-refractivity contribution >= 4 is 5.97 Å². The van der Waals surface area contributed by atoms with Crippen molar-refractivity contribution in [3.8, 4) is 5.75 Å². The van der Waals surface area contributed by atoms with Crippen LogP contribution in [0.15, 0.2) is 24.3 Å². The van der Waals surface area contributed by atoms with Gasteiger partial charge in [0.25, 0.3) is 0 Å². The molecule has 1 aromatic rings. The van der Waals surface area contributed by atoms with Gasteiger partial charge in [-0.3, -0.25) is 9.69 Å². The maximum Gasteiger partial charge on any atom is 0.321 e. The Kier molecular flexibility index (Phi) is 4.20. The molecule has 1 aromatic carbocycles. The van der Waals surface area contributed by atoms with Crippen molar-refractivity contribution < 1.29 is 14.6 Å².